The quantitative estimate of drug-likeness (QED) is 0.334. The highest BCUT2D eigenvalue weighted by Gasteiger charge is 2.31. The Morgan fingerprint density at radius 3 is 2.26 bits per heavy atom. The number of aryl methyl sites for hydroxylation is 1. The van der Waals surface area contributed by atoms with Crippen LogP contribution in [-0.4, -0.2) is 5.97 Å². The first-order valence-corrected chi connectivity index (χ1v) is 10.4. The summed E-state index contributed by atoms with van der Waals surface area (Å²) in [7, 11) is 0. The van der Waals surface area contributed by atoms with Crippen molar-refractivity contribution in [2.75, 3.05) is 0 Å². The van der Waals surface area contributed by atoms with Gasteiger partial charge in [0.2, 0.25) is 0 Å². The molecule has 0 amide bonds. The lowest BCUT2D eigenvalue weighted by molar-refractivity contribution is -0.140. The van der Waals surface area contributed by atoms with E-state index in [0.717, 1.165) is 5.56 Å². The third kappa shape index (κ3) is 4.50. The molecule has 2 nitrogen and oxygen atoms in total. The number of ether oxygens (including phenoxy) is 1. The van der Waals surface area contributed by atoms with E-state index in [4.69, 9.17) is 4.74 Å². The lowest BCUT2D eigenvalue weighted by Gasteiger charge is -2.28. The highest BCUT2D eigenvalue weighted by Crippen LogP contribution is 2.39. The maximum absolute atomic E-state index is 14.8. The largest absolute Gasteiger partial charge is 0.423 e. The van der Waals surface area contributed by atoms with Gasteiger partial charge in [-0.05, 0) is 67.3 Å². The summed E-state index contributed by atoms with van der Waals surface area (Å²) in [6.07, 6.45) is 2.05. The molecule has 0 heterocycles. The van der Waals surface area contributed by atoms with Crippen LogP contribution in [0.5, 0.6) is 5.75 Å². The fourth-order valence-corrected chi connectivity index (χ4v) is 4.24. The van der Waals surface area contributed by atoms with Gasteiger partial charge in [-0.15, -0.1) is 0 Å². The number of carbonyl (C=O) groups excluding carboxylic acids is 1. The van der Waals surface area contributed by atoms with E-state index >= 15 is 0 Å². The van der Waals surface area contributed by atoms with Crippen molar-refractivity contribution in [3.05, 3.63) is 89.2 Å². The summed E-state index contributed by atoms with van der Waals surface area (Å²) < 4.78 is 48.8. The van der Waals surface area contributed by atoms with Crippen LogP contribution in [-0.2, 0) is 4.79 Å². The van der Waals surface area contributed by atoms with E-state index in [1.165, 1.54) is 12.1 Å². The second kappa shape index (κ2) is 8.96. The second-order valence-electron chi connectivity index (χ2n) is 8.10. The van der Waals surface area contributed by atoms with Crippen molar-refractivity contribution < 1.29 is 22.7 Å². The summed E-state index contributed by atoms with van der Waals surface area (Å²) in [4.78, 5) is 12.4. The Morgan fingerprint density at radius 1 is 0.871 bits per heavy atom. The van der Waals surface area contributed by atoms with Gasteiger partial charge in [-0.25, -0.2) is 13.2 Å². The van der Waals surface area contributed by atoms with Gasteiger partial charge in [0.15, 0.2) is 23.2 Å². The molecule has 0 bridgehead atoms. The predicted octanol–water partition coefficient (Wildman–Crippen LogP) is 6.96. The maximum atomic E-state index is 14.8. The summed E-state index contributed by atoms with van der Waals surface area (Å²) in [6.45, 7) is 1.75. The van der Waals surface area contributed by atoms with Gasteiger partial charge >= 0.3 is 5.97 Å². The van der Waals surface area contributed by atoms with Crippen LogP contribution in [0.4, 0.5) is 13.2 Å². The van der Waals surface area contributed by atoms with Gasteiger partial charge in [-0.1, -0.05) is 48.5 Å². The fourth-order valence-electron chi connectivity index (χ4n) is 4.24. The Balaban J connectivity index is 1.43. The van der Waals surface area contributed by atoms with Gasteiger partial charge in [0.05, 0.1) is 5.92 Å². The number of benzene rings is 3. The highest BCUT2D eigenvalue weighted by atomic mass is 19.2. The van der Waals surface area contributed by atoms with Crippen LogP contribution in [0, 0.1) is 30.3 Å². The van der Waals surface area contributed by atoms with Crippen LogP contribution >= 0.6 is 0 Å². The number of carbonyl (C=O) groups is 1. The van der Waals surface area contributed by atoms with E-state index in [1.807, 2.05) is 6.07 Å². The van der Waals surface area contributed by atoms with Crippen LogP contribution in [0.1, 0.15) is 42.7 Å². The van der Waals surface area contributed by atoms with E-state index in [1.54, 1.807) is 49.4 Å². The molecule has 1 fully saturated rings. The minimum absolute atomic E-state index is 0.0812. The first kappa shape index (κ1) is 21.2. The molecule has 3 aromatic carbocycles. The van der Waals surface area contributed by atoms with Crippen molar-refractivity contribution in [3.8, 4) is 16.9 Å². The lowest BCUT2D eigenvalue weighted by atomic mass is 9.78. The third-order valence-electron chi connectivity index (χ3n) is 6.00. The monoisotopic (exact) mass is 424 g/mol. The van der Waals surface area contributed by atoms with Gasteiger partial charge in [0.25, 0.3) is 0 Å². The van der Waals surface area contributed by atoms with Crippen molar-refractivity contribution in [1.82, 2.24) is 0 Å². The number of halogens is 3. The van der Waals surface area contributed by atoms with Gasteiger partial charge in [0.1, 0.15) is 0 Å². The average molecular weight is 424 g/mol. The van der Waals surface area contributed by atoms with Crippen LogP contribution < -0.4 is 4.74 Å². The van der Waals surface area contributed by atoms with E-state index in [9.17, 15) is 18.0 Å². The Labute approximate surface area is 179 Å². The minimum Gasteiger partial charge on any atom is -0.423 e. The molecule has 0 aromatic heterocycles. The molecule has 1 saturated carbocycles. The number of esters is 1. The molecule has 0 N–H and O–H groups in total. The highest BCUT2D eigenvalue weighted by molar-refractivity contribution is 5.75. The molecule has 0 atom stereocenters. The summed E-state index contributed by atoms with van der Waals surface area (Å²) in [5.74, 6) is -3.35. The molecule has 0 saturated heterocycles. The molecule has 31 heavy (non-hydrogen) atoms. The first-order valence-electron chi connectivity index (χ1n) is 10.4. The molecular weight excluding hydrogens is 401 g/mol. The van der Waals surface area contributed by atoms with Crippen molar-refractivity contribution >= 4 is 5.97 Å². The normalized spacial score (nSPS) is 18.6. The lowest BCUT2D eigenvalue weighted by Crippen LogP contribution is -2.25. The SMILES string of the molecule is Cc1ccc(OC(=O)C2CCC(c3ccc(-c4ccccc4)c(F)c3F)CC2)c(F)c1. The predicted molar refractivity (Wildman–Crippen MR) is 113 cm³/mol. The molecular formula is C26H23F3O2. The molecule has 5 heteroatoms. The van der Waals surface area contributed by atoms with Crippen LogP contribution in [0.3, 0.4) is 0 Å². The molecule has 0 aliphatic heterocycles. The standard InChI is InChI=1S/C26H23F3O2/c1-16-7-14-23(22(27)15-16)31-26(30)19-10-8-18(9-11-19)21-13-12-20(24(28)25(21)29)17-5-3-2-4-6-17/h2-7,12-15,18-19H,8-11H2,1H3. The molecule has 1 aliphatic rings. The fraction of sp³-hybridized carbons (Fsp3) is 0.269. The zero-order valence-electron chi connectivity index (χ0n) is 17.2. The first-order chi connectivity index (χ1) is 14.9. The topological polar surface area (TPSA) is 26.3 Å². The third-order valence-corrected chi connectivity index (χ3v) is 6.00. The van der Waals surface area contributed by atoms with Gasteiger partial charge in [0, 0.05) is 5.56 Å². The molecule has 0 radical (unpaired) electrons. The van der Waals surface area contributed by atoms with E-state index in [2.05, 4.69) is 0 Å². The molecule has 160 valence electrons. The van der Waals surface area contributed by atoms with Crippen LogP contribution in [0.2, 0.25) is 0 Å². The zero-order chi connectivity index (χ0) is 22.0. The van der Waals surface area contributed by atoms with Gasteiger partial charge in [-0.3, -0.25) is 4.79 Å². The summed E-state index contributed by atoms with van der Waals surface area (Å²) in [5.41, 5.74) is 1.94. The summed E-state index contributed by atoms with van der Waals surface area (Å²) >= 11 is 0. The van der Waals surface area contributed by atoms with E-state index in [0.29, 0.717) is 36.8 Å². The molecule has 4 rings (SSSR count). The van der Waals surface area contributed by atoms with Crippen LogP contribution in [0.15, 0.2) is 60.7 Å². The molecule has 3 aromatic rings. The summed E-state index contributed by atoms with van der Waals surface area (Å²) in [5, 5.41) is 0. The molecule has 0 unspecified atom stereocenters. The van der Waals surface area contributed by atoms with E-state index in [-0.39, 0.29) is 23.1 Å². The Hall–Kier alpha value is -3.08. The van der Waals surface area contributed by atoms with E-state index < -0.39 is 23.4 Å². The van der Waals surface area contributed by atoms with Crippen molar-refractivity contribution in [1.29, 1.82) is 0 Å². The van der Waals surface area contributed by atoms with Crippen LogP contribution in [0.25, 0.3) is 11.1 Å². The smallest absolute Gasteiger partial charge is 0.314 e. The van der Waals surface area contributed by atoms with Crippen molar-refractivity contribution in [2.24, 2.45) is 5.92 Å². The number of hydrogen-bond acceptors (Lipinski definition) is 2. The Kier molecular flexibility index (Phi) is 6.12. The van der Waals surface area contributed by atoms with Crippen molar-refractivity contribution in [3.63, 3.8) is 0 Å². The van der Waals surface area contributed by atoms with Crippen molar-refractivity contribution in [2.45, 2.75) is 38.5 Å². The average Bonchev–Trinajstić information content (AvgIpc) is 2.78. The summed E-state index contributed by atoms with van der Waals surface area (Å²) in [6, 6.07) is 16.6. The second-order valence-corrected chi connectivity index (χ2v) is 8.10. The van der Waals surface area contributed by atoms with Gasteiger partial charge < -0.3 is 4.74 Å². The molecule has 1 aliphatic carbocycles. The zero-order valence-corrected chi connectivity index (χ0v) is 17.2. The molecule has 0 spiro atoms. The minimum atomic E-state index is -0.847. The Morgan fingerprint density at radius 2 is 1.58 bits per heavy atom. The Bertz CT molecular complexity index is 1090. The van der Waals surface area contributed by atoms with Gasteiger partial charge in [-0.2, -0.15) is 0 Å². The number of rotatable bonds is 4. The number of hydrogen-bond donors (Lipinski definition) is 0. The maximum Gasteiger partial charge on any atom is 0.314 e.